The molecule has 0 saturated heterocycles. The molecule has 1 aliphatic carbocycles. The van der Waals surface area contributed by atoms with E-state index in [1.54, 1.807) is 4.90 Å². The first-order valence-corrected chi connectivity index (χ1v) is 8.82. The maximum atomic E-state index is 12.8. The van der Waals surface area contributed by atoms with Crippen LogP contribution in [-0.2, 0) is 6.54 Å². The van der Waals surface area contributed by atoms with Gasteiger partial charge in [0.05, 0.1) is 5.56 Å². The molecule has 1 aromatic carbocycles. The van der Waals surface area contributed by atoms with E-state index in [1.165, 1.54) is 18.3 Å². The molecule has 8 heteroatoms. The number of amides is 1. The van der Waals surface area contributed by atoms with Gasteiger partial charge in [0.25, 0.3) is 5.91 Å². The summed E-state index contributed by atoms with van der Waals surface area (Å²) in [7, 11) is 0. The van der Waals surface area contributed by atoms with E-state index in [0.717, 1.165) is 22.9 Å². The van der Waals surface area contributed by atoms with Crippen molar-refractivity contribution in [2.75, 3.05) is 6.61 Å². The van der Waals surface area contributed by atoms with Gasteiger partial charge in [-0.1, -0.05) is 28.1 Å². The van der Waals surface area contributed by atoms with Crippen LogP contribution in [0.15, 0.2) is 47.1 Å². The lowest BCUT2D eigenvalue weighted by molar-refractivity contribution is -0.154. The summed E-state index contributed by atoms with van der Waals surface area (Å²) in [5, 5.41) is 0. The number of ether oxygens (including phenoxy) is 1. The fourth-order valence-corrected chi connectivity index (χ4v) is 2.95. The van der Waals surface area contributed by atoms with E-state index in [4.69, 9.17) is 0 Å². The van der Waals surface area contributed by atoms with Crippen molar-refractivity contribution in [3.8, 4) is 5.88 Å². The molecule has 0 bridgehead atoms. The van der Waals surface area contributed by atoms with Gasteiger partial charge in [-0.3, -0.25) is 4.79 Å². The smallest absolute Gasteiger partial charge is 0.422 e. The number of pyridine rings is 1. The van der Waals surface area contributed by atoms with Crippen molar-refractivity contribution < 1.29 is 22.7 Å². The summed E-state index contributed by atoms with van der Waals surface area (Å²) in [6.07, 6.45) is -1.28. The number of carbonyl (C=O) groups excluding carboxylic acids is 1. The first-order valence-electron chi connectivity index (χ1n) is 8.03. The predicted octanol–water partition coefficient (Wildman–Crippen LogP) is 4.59. The van der Waals surface area contributed by atoms with Crippen LogP contribution in [0.4, 0.5) is 13.2 Å². The highest BCUT2D eigenvalue weighted by Crippen LogP contribution is 2.30. The normalized spacial score (nSPS) is 14.2. The lowest BCUT2D eigenvalue weighted by Crippen LogP contribution is -2.32. The largest absolute Gasteiger partial charge is 0.468 e. The maximum Gasteiger partial charge on any atom is 0.422 e. The minimum absolute atomic E-state index is 0.163. The first kappa shape index (κ1) is 18.7. The second-order valence-corrected chi connectivity index (χ2v) is 7.00. The number of alkyl halides is 3. The Morgan fingerprint density at radius 3 is 2.62 bits per heavy atom. The third kappa shape index (κ3) is 5.20. The predicted molar refractivity (Wildman–Crippen MR) is 92.8 cm³/mol. The van der Waals surface area contributed by atoms with E-state index in [1.807, 2.05) is 24.3 Å². The number of nitrogens with zero attached hydrogens (tertiary/aromatic N) is 2. The van der Waals surface area contributed by atoms with E-state index < -0.39 is 12.8 Å². The number of aromatic nitrogens is 1. The molecule has 4 nitrogen and oxygen atoms in total. The molecule has 1 aromatic heterocycles. The standard InChI is InChI=1S/C18H16BrF3N2O2/c19-14-3-1-2-12(8-14)10-24(15-5-6-15)17(25)13-4-7-16(23-9-13)26-11-18(20,21)22/h1-4,7-9,15H,5-6,10-11H2. The van der Waals surface area contributed by atoms with Crippen molar-refractivity contribution in [1.82, 2.24) is 9.88 Å². The highest BCUT2D eigenvalue weighted by molar-refractivity contribution is 9.10. The molecule has 1 heterocycles. The minimum atomic E-state index is -4.43. The van der Waals surface area contributed by atoms with Gasteiger partial charge in [-0.15, -0.1) is 0 Å². The average molecular weight is 429 g/mol. The van der Waals surface area contributed by atoms with Crippen molar-refractivity contribution >= 4 is 21.8 Å². The Balaban J connectivity index is 1.69. The Morgan fingerprint density at radius 1 is 1.27 bits per heavy atom. The molecule has 1 saturated carbocycles. The molecule has 0 atom stereocenters. The second kappa shape index (κ2) is 7.65. The summed E-state index contributed by atoms with van der Waals surface area (Å²) >= 11 is 3.42. The molecule has 2 aromatic rings. The van der Waals surface area contributed by atoms with Gasteiger partial charge >= 0.3 is 6.18 Å². The summed E-state index contributed by atoms with van der Waals surface area (Å²) in [6, 6.07) is 10.6. The van der Waals surface area contributed by atoms with E-state index in [2.05, 4.69) is 25.7 Å². The number of hydrogen-bond acceptors (Lipinski definition) is 3. The van der Waals surface area contributed by atoms with Crippen LogP contribution in [0.1, 0.15) is 28.8 Å². The molecule has 0 unspecified atom stereocenters. The zero-order valence-corrected chi connectivity index (χ0v) is 15.3. The third-order valence-electron chi connectivity index (χ3n) is 3.86. The number of hydrogen-bond donors (Lipinski definition) is 0. The summed E-state index contributed by atoms with van der Waals surface area (Å²) in [5.74, 6) is -0.355. The second-order valence-electron chi connectivity index (χ2n) is 6.08. The van der Waals surface area contributed by atoms with Crippen LogP contribution < -0.4 is 4.74 Å². The summed E-state index contributed by atoms with van der Waals surface area (Å²) in [5.41, 5.74) is 1.32. The monoisotopic (exact) mass is 428 g/mol. The first-order chi connectivity index (χ1) is 12.3. The highest BCUT2D eigenvalue weighted by Gasteiger charge is 2.33. The van der Waals surface area contributed by atoms with Crippen LogP contribution >= 0.6 is 15.9 Å². The molecule has 0 aliphatic heterocycles. The van der Waals surface area contributed by atoms with Crippen LogP contribution in [0.25, 0.3) is 0 Å². The van der Waals surface area contributed by atoms with Crippen LogP contribution in [0.3, 0.4) is 0 Å². The molecule has 1 aliphatic rings. The topological polar surface area (TPSA) is 42.4 Å². The Labute approximate surface area is 157 Å². The van der Waals surface area contributed by atoms with Gasteiger partial charge in [0.1, 0.15) is 0 Å². The summed E-state index contributed by atoms with van der Waals surface area (Å²) in [6.45, 7) is -0.945. The Morgan fingerprint density at radius 2 is 2.04 bits per heavy atom. The van der Waals surface area contributed by atoms with Gasteiger partial charge in [-0.25, -0.2) is 4.98 Å². The summed E-state index contributed by atoms with van der Waals surface area (Å²) in [4.78, 5) is 18.4. The van der Waals surface area contributed by atoms with E-state index in [0.29, 0.717) is 12.1 Å². The van der Waals surface area contributed by atoms with E-state index in [9.17, 15) is 18.0 Å². The van der Waals surface area contributed by atoms with Crippen molar-refractivity contribution in [2.24, 2.45) is 0 Å². The lowest BCUT2D eigenvalue weighted by atomic mass is 10.2. The number of halogens is 4. The molecule has 3 rings (SSSR count). The molecule has 0 N–H and O–H groups in total. The highest BCUT2D eigenvalue weighted by atomic mass is 79.9. The molecule has 1 amide bonds. The van der Waals surface area contributed by atoms with Gasteiger partial charge < -0.3 is 9.64 Å². The fraction of sp³-hybridized carbons (Fsp3) is 0.333. The molecular weight excluding hydrogens is 413 g/mol. The Kier molecular flexibility index (Phi) is 5.50. The van der Waals surface area contributed by atoms with Crippen molar-refractivity contribution in [1.29, 1.82) is 0 Å². The number of rotatable bonds is 6. The number of benzene rings is 1. The molecule has 26 heavy (non-hydrogen) atoms. The summed E-state index contributed by atoms with van der Waals surface area (Å²) < 4.78 is 42.0. The maximum absolute atomic E-state index is 12.8. The van der Waals surface area contributed by atoms with Gasteiger partial charge in [-0.2, -0.15) is 13.2 Å². The minimum Gasteiger partial charge on any atom is -0.468 e. The zero-order chi connectivity index (χ0) is 18.7. The Bertz CT molecular complexity index is 777. The van der Waals surface area contributed by atoms with Gasteiger partial charge in [-0.05, 0) is 36.6 Å². The van der Waals surface area contributed by atoms with Crippen LogP contribution in [0, 0.1) is 0 Å². The molecule has 0 radical (unpaired) electrons. The van der Waals surface area contributed by atoms with Gasteiger partial charge in [0, 0.05) is 29.3 Å². The average Bonchev–Trinajstić information content (AvgIpc) is 3.42. The van der Waals surface area contributed by atoms with Gasteiger partial charge in [0.15, 0.2) is 6.61 Å². The van der Waals surface area contributed by atoms with Crippen molar-refractivity contribution in [3.05, 3.63) is 58.2 Å². The third-order valence-corrected chi connectivity index (χ3v) is 4.35. The molecule has 0 spiro atoms. The molecular formula is C18H16BrF3N2O2. The lowest BCUT2D eigenvalue weighted by Gasteiger charge is -2.22. The van der Waals surface area contributed by atoms with Crippen LogP contribution in [0.5, 0.6) is 5.88 Å². The zero-order valence-electron chi connectivity index (χ0n) is 13.7. The SMILES string of the molecule is O=C(c1ccc(OCC(F)(F)F)nc1)N(Cc1cccc(Br)c1)C1CC1. The van der Waals surface area contributed by atoms with Crippen LogP contribution in [-0.4, -0.2) is 34.6 Å². The van der Waals surface area contributed by atoms with E-state index >= 15 is 0 Å². The molecule has 1 fully saturated rings. The van der Waals surface area contributed by atoms with Crippen molar-refractivity contribution in [3.63, 3.8) is 0 Å². The Hall–Kier alpha value is -2.09. The number of carbonyl (C=O) groups is 1. The quantitative estimate of drug-likeness (QED) is 0.675. The molecule has 138 valence electrons. The van der Waals surface area contributed by atoms with Crippen LogP contribution in [0.2, 0.25) is 0 Å². The van der Waals surface area contributed by atoms with Gasteiger partial charge in [0.2, 0.25) is 5.88 Å². The van der Waals surface area contributed by atoms with E-state index in [-0.39, 0.29) is 17.8 Å². The van der Waals surface area contributed by atoms with Crippen molar-refractivity contribution in [2.45, 2.75) is 31.6 Å². The fourth-order valence-electron chi connectivity index (χ4n) is 2.50.